The average molecular weight is 321 g/mol. The second-order valence-electron chi connectivity index (χ2n) is 11.0. The summed E-state index contributed by atoms with van der Waals surface area (Å²) in [5.74, 6) is 1.03. The van der Waals surface area contributed by atoms with Crippen molar-refractivity contribution >= 4 is 0 Å². The summed E-state index contributed by atoms with van der Waals surface area (Å²) in [4.78, 5) is 0. The van der Waals surface area contributed by atoms with Gasteiger partial charge in [0.1, 0.15) is 5.54 Å². The Balaban J connectivity index is 1.62. The summed E-state index contributed by atoms with van der Waals surface area (Å²) >= 11 is 0. The van der Waals surface area contributed by atoms with Gasteiger partial charge in [0.25, 0.3) is 0 Å². The Hall–Kier alpha value is -0.0400. The molecule has 0 radical (unpaired) electrons. The first-order valence-electron chi connectivity index (χ1n) is 10.5. The molecule has 0 spiro atoms. The molecule has 4 fully saturated rings. The smallest absolute Gasteiger partial charge is 0.100 e. The van der Waals surface area contributed by atoms with Gasteiger partial charge >= 0.3 is 0 Å². The summed E-state index contributed by atoms with van der Waals surface area (Å²) in [5.41, 5.74) is 1.92. The van der Waals surface area contributed by atoms with Crippen molar-refractivity contribution in [2.24, 2.45) is 16.7 Å². The first kappa shape index (κ1) is 17.8. The zero-order valence-corrected chi connectivity index (χ0v) is 16.7. The predicted octanol–water partition coefficient (Wildman–Crippen LogP) is 6.17. The molecule has 1 heteroatoms. The Bertz CT molecular complexity index is 406. The van der Waals surface area contributed by atoms with E-state index in [0.29, 0.717) is 16.4 Å². The van der Waals surface area contributed by atoms with E-state index < -0.39 is 0 Å². The van der Waals surface area contributed by atoms with Crippen LogP contribution in [0.2, 0.25) is 0 Å². The van der Waals surface area contributed by atoms with Gasteiger partial charge in [0.05, 0.1) is 20.6 Å². The lowest BCUT2D eigenvalue weighted by Crippen LogP contribution is -2.70. The van der Waals surface area contributed by atoms with Crippen molar-refractivity contribution in [3.63, 3.8) is 0 Å². The van der Waals surface area contributed by atoms with E-state index in [0.717, 1.165) is 5.92 Å². The minimum Gasteiger partial charge on any atom is -0.324 e. The molecule has 4 rings (SSSR count). The number of nitrogens with zero attached hydrogens (tertiary/aromatic N) is 1. The highest BCUT2D eigenvalue weighted by Crippen LogP contribution is 2.68. The lowest BCUT2D eigenvalue weighted by Gasteiger charge is -2.68. The highest BCUT2D eigenvalue weighted by Gasteiger charge is 2.65. The van der Waals surface area contributed by atoms with Gasteiger partial charge in [0, 0.05) is 19.3 Å². The molecule has 134 valence electrons. The topological polar surface area (TPSA) is 0 Å². The Kier molecular flexibility index (Phi) is 4.67. The van der Waals surface area contributed by atoms with Gasteiger partial charge in [0.15, 0.2) is 0 Å². The zero-order chi connectivity index (χ0) is 16.8. The van der Waals surface area contributed by atoms with E-state index in [4.69, 9.17) is 0 Å². The fourth-order valence-corrected chi connectivity index (χ4v) is 7.59. The Morgan fingerprint density at radius 2 is 1.35 bits per heavy atom. The summed E-state index contributed by atoms with van der Waals surface area (Å²) in [5, 5.41) is 0. The number of hydrogen-bond acceptors (Lipinski definition) is 0. The monoisotopic (exact) mass is 320 g/mol. The van der Waals surface area contributed by atoms with Crippen molar-refractivity contribution in [1.29, 1.82) is 0 Å². The minimum atomic E-state index is 0.604. The molecule has 0 aromatic heterocycles. The Morgan fingerprint density at radius 3 is 1.91 bits per heavy atom. The van der Waals surface area contributed by atoms with E-state index in [-0.39, 0.29) is 0 Å². The molecule has 4 aliphatic rings. The van der Waals surface area contributed by atoms with Crippen LogP contribution in [-0.4, -0.2) is 30.7 Å². The van der Waals surface area contributed by atoms with E-state index in [9.17, 15) is 0 Å². The van der Waals surface area contributed by atoms with Crippen LogP contribution < -0.4 is 0 Å². The fraction of sp³-hybridized carbons (Fsp3) is 1.00. The largest absolute Gasteiger partial charge is 0.324 e. The maximum absolute atomic E-state index is 2.62. The van der Waals surface area contributed by atoms with E-state index in [1.54, 1.807) is 0 Å². The van der Waals surface area contributed by atoms with Crippen LogP contribution in [0, 0.1) is 16.7 Å². The van der Waals surface area contributed by atoms with Crippen molar-refractivity contribution in [2.45, 2.75) is 103 Å². The van der Waals surface area contributed by atoms with Crippen molar-refractivity contribution in [3.8, 4) is 0 Å². The van der Waals surface area contributed by atoms with Crippen LogP contribution >= 0.6 is 0 Å². The van der Waals surface area contributed by atoms with Gasteiger partial charge in [0.2, 0.25) is 0 Å². The van der Waals surface area contributed by atoms with E-state index in [2.05, 4.69) is 34.9 Å². The molecule has 2 atom stereocenters. The van der Waals surface area contributed by atoms with Gasteiger partial charge in [-0.2, -0.15) is 0 Å². The highest BCUT2D eigenvalue weighted by atomic mass is 15.4. The van der Waals surface area contributed by atoms with E-state index in [1.807, 2.05) is 0 Å². The molecular weight excluding hydrogens is 278 g/mol. The zero-order valence-electron chi connectivity index (χ0n) is 16.7. The lowest BCUT2D eigenvalue weighted by molar-refractivity contribution is -0.949. The molecular formula is C22H42N+. The molecule has 0 aliphatic heterocycles. The third-order valence-electron chi connectivity index (χ3n) is 7.95. The molecule has 4 aliphatic carbocycles. The fourth-order valence-electron chi connectivity index (χ4n) is 7.59. The van der Waals surface area contributed by atoms with Crippen LogP contribution in [0.3, 0.4) is 0 Å². The summed E-state index contributed by atoms with van der Waals surface area (Å²) in [6.45, 7) is 8.96. The molecule has 1 nitrogen and oxygen atoms in total. The van der Waals surface area contributed by atoms with Gasteiger partial charge in [-0.3, -0.25) is 0 Å². The first-order chi connectivity index (χ1) is 10.7. The molecule has 4 saturated carbocycles. The quantitative estimate of drug-likeness (QED) is 0.370. The molecule has 0 saturated heterocycles. The predicted molar refractivity (Wildman–Crippen MR) is 100 cm³/mol. The Morgan fingerprint density at radius 1 is 0.783 bits per heavy atom. The van der Waals surface area contributed by atoms with Crippen molar-refractivity contribution < 1.29 is 4.48 Å². The minimum absolute atomic E-state index is 0.604. The Labute approximate surface area is 145 Å². The number of quaternary nitrogens is 1. The molecule has 4 bridgehead atoms. The summed E-state index contributed by atoms with van der Waals surface area (Å²) < 4.78 is 1.31. The maximum atomic E-state index is 2.62. The summed E-state index contributed by atoms with van der Waals surface area (Å²) in [7, 11) is 5.15. The molecule has 0 N–H and O–H groups in total. The standard InChI is InChI=1S/C22H42N/c1-6-7-8-9-10-11-12-23(4,5)22-15-19-13-20(2,17-22)16-21(3,14-19)18-22/h19H,6-18H2,1-5H3/q+1. The van der Waals surface area contributed by atoms with Crippen molar-refractivity contribution in [3.05, 3.63) is 0 Å². The molecule has 23 heavy (non-hydrogen) atoms. The average Bonchev–Trinajstić information content (AvgIpc) is 2.38. The summed E-state index contributed by atoms with van der Waals surface area (Å²) in [6.07, 6.45) is 17.7. The third kappa shape index (κ3) is 3.37. The van der Waals surface area contributed by atoms with Crippen LogP contribution in [0.5, 0.6) is 0 Å². The number of unbranched alkanes of at least 4 members (excludes halogenated alkanes) is 5. The normalized spacial score (nSPS) is 42.4. The van der Waals surface area contributed by atoms with Crippen LogP contribution in [0.4, 0.5) is 0 Å². The lowest BCUT2D eigenvalue weighted by atomic mass is 9.42. The van der Waals surface area contributed by atoms with Gasteiger partial charge in [-0.25, -0.2) is 0 Å². The van der Waals surface area contributed by atoms with Gasteiger partial charge in [-0.1, -0.05) is 46.5 Å². The van der Waals surface area contributed by atoms with Crippen LogP contribution in [0.1, 0.15) is 97.8 Å². The van der Waals surface area contributed by atoms with Crippen LogP contribution in [0.15, 0.2) is 0 Å². The molecule has 0 amide bonds. The van der Waals surface area contributed by atoms with Crippen LogP contribution in [-0.2, 0) is 0 Å². The maximum Gasteiger partial charge on any atom is 0.100 e. The van der Waals surface area contributed by atoms with Gasteiger partial charge < -0.3 is 4.48 Å². The first-order valence-corrected chi connectivity index (χ1v) is 10.5. The third-order valence-corrected chi connectivity index (χ3v) is 7.95. The molecule has 0 aromatic carbocycles. The summed E-state index contributed by atoms with van der Waals surface area (Å²) in [6, 6.07) is 0. The second kappa shape index (κ2) is 6.04. The molecule has 0 aromatic rings. The van der Waals surface area contributed by atoms with E-state index >= 15 is 0 Å². The van der Waals surface area contributed by atoms with Crippen LogP contribution in [0.25, 0.3) is 0 Å². The van der Waals surface area contributed by atoms with Gasteiger partial charge in [-0.05, 0) is 48.9 Å². The SMILES string of the molecule is CCCCCCCC[N+](C)(C)C12CC3CC(C)(CC(C)(C3)C1)C2. The van der Waals surface area contributed by atoms with E-state index in [1.165, 1.54) is 88.1 Å². The number of hydrogen-bond donors (Lipinski definition) is 0. The highest BCUT2D eigenvalue weighted by molar-refractivity contribution is 5.11. The molecule has 2 unspecified atom stereocenters. The van der Waals surface area contributed by atoms with Crippen molar-refractivity contribution in [2.75, 3.05) is 20.6 Å². The second-order valence-corrected chi connectivity index (χ2v) is 11.0. The van der Waals surface area contributed by atoms with Crippen molar-refractivity contribution in [1.82, 2.24) is 0 Å². The number of rotatable bonds is 8. The van der Waals surface area contributed by atoms with Gasteiger partial charge in [-0.15, -0.1) is 0 Å². The molecule has 0 heterocycles.